The Kier molecular flexibility index (Phi) is 18.0. The molecule has 4 N–H and O–H groups in total. The molecular formula is C37H44Cl4FN5O4. The molecule has 9 nitrogen and oxygen atoms in total. The zero-order valence-electron chi connectivity index (χ0n) is 28.4. The molecule has 0 saturated carbocycles. The number of piperazine rings is 1. The molecule has 1 saturated heterocycles. The molecule has 51 heavy (non-hydrogen) atoms. The average Bonchev–Trinajstić information content (AvgIpc) is 3.10. The van der Waals surface area contributed by atoms with Gasteiger partial charge in [-0.2, -0.15) is 0 Å². The minimum absolute atomic E-state index is 0. The third-order valence-electron chi connectivity index (χ3n) is 8.45. The molecule has 0 radical (unpaired) electrons. The summed E-state index contributed by atoms with van der Waals surface area (Å²) in [4.78, 5) is 32.0. The molecule has 0 aromatic heterocycles. The Hall–Kier alpha value is -3.61. The van der Waals surface area contributed by atoms with E-state index in [2.05, 4.69) is 15.5 Å². The summed E-state index contributed by atoms with van der Waals surface area (Å²) < 4.78 is 26.2. The number of hydrogen-bond acceptors (Lipinski definition) is 8. The molecule has 0 aliphatic carbocycles. The van der Waals surface area contributed by atoms with Crippen molar-refractivity contribution in [3.05, 3.63) is 119 Å². The molecule has 5 rings (SSSR count). The molecule has 0 spiro atoms. The van der Waals surface area contributed by atoms with Gasteiger partial charge in [-0.1, -0.05) is 67.1 Å². The summed E-state index contributed by atoms with van der Waals surface area (Å²) in [7, 11) is 1.65. The normalized spacial score (nSPS) is 13.8. The van der Waals surface area contributed by atoms with E-state index >= 15 is 0 Å². The maximum absolute atomic E-state index is 14.3. The van der Waals surface area contributed by atoms with Crippen molar-refractivity contribution in [2.45, 2.75) is 38.5 Å². The number of para-hydroxylation sites is 2. The summed E-state index contributed by atoms with van der Waals surface area (Å²) >= 11 is 6.45. The number of nitrogens with zero attached hydrogens (tertiary/aromatic N) is 2. The Balaban J connectivity index is 0.00000300. The fraction of sp³-hybridized carbons (Fsp3) is 0.297. The number of amides is 2. The second-order valence-electron chi connectivity index (χ2n) is 11.5. The van der Waals surface area contributed by atoms with Crippen molar-refractivity contribution in [2.75, 3.05) is 38.2 Å². The summed E-state index contributed by atoms with van der Waals surface area (Å²) in [5, 5.41) is 6.18. The smallest absolute Gasteiger partial charge is 0.248 e. The first kappa shape index (κ1) is 43.6. The van der Waals surface area contributed by atoms with Gasteiger partial charge >= 0.3 is 0 Å². The van der Waals surface area contributed by atoms with Gasteiger partial charge in [0.1, 0.15) is 29.1 Å². The third-order valence-corrected chi connectivity index (χ3v) is 8.69. The Bertz CT molecular complexity index is 1730. The van der Waals surface area contributed by atoms with E-state index in [9.17, 15) is 14.0 Å². The minimum Gasteiger partial charge on any atom is -0.495 e. The van der Waals surface area contributed by atoms with Crippen LogP contribution in [0.2, 0.25) is 5.02 Å². The van der Waals surface area contributed by atoms with Crippen molar-refractivity contribution in [1.82, 2.24) is 15.5 Å². The van der Waals surface area contributed by atoms with Gasteiger partial charge in [-0.05, 0) is 54.4 Å². The molecule has 276 valence electrons. The van der Waals surface area contributed by atoms with Gasteiger partial charge in [-0.3, -0.25) is 19.8 Å². The second-order valence-corrected chi connectivity index (χ2v) is 12.0. The van der Waals surface area contributed by atoms with Crippen molar-refractivity contribution in [1.29, 1.82) is 0 Å². The van der Waals surface area contributed by atoms with E-state index in [-0.39, 0.29) is 49.6 Å². The molecular weight excluding hydrogens is 739 g/mol. The molecule has 2 unspecified atom stereocenters. The van der Waals surface area contributed by atoms with E-state index in [1.807, 2.05) is 60.4 Å². The Morgan fingerprint density at radius 2 is 1.59 bits per heavy atom. The van der Waals surface area contributed by atoms with Crippen LogP contribution in [-0.2, 0) is 22.7 Å². The van der Waals surface area contributed by atoms with Gasteiger partial charge in [0, 0.05) is 55.4 Å². The maximum atomic E-state index is 14.3. The van der Waals surface area contributed by atoms with Gasteiger partial charge in [0.2, 0.25) is 11.8 Å². The number of methoxy groups -OCH3 is 1. The van der Waals surface area contributed by atoms with E-state index in [0.717, 1.165) is 17.0 Å². The van der Waals surface area contributed by atoms with Crippen LogP contribution < -0.4 is 30.7 Å². The molecule has 1 fully saturated rings. The monoisotopic (exact) mass is 781 g/mol. The summed E-state index contributed by atoms with van der Waals surface area (Å²) in [6.45, 7) is 4.56. The summed E-state index contributed by atoms with van der Waals surface area (Å²) in [6.07, 6.45) is 0.391. The van der Waals surface area contributed by atoms with Crippen LogP contribution in [0.4, 0.5) is 10.1 Å². The van der Waals surface area contributed by atoms with E-state index in [1.54, 1.807) is 43.5 Å². The number of benzene rings is 4. The molecule has 1 aliphatic heterocycles. The summed E-state index contributed by atoms with van der Waals surface area (Å²) in [5.41, 5.74) is 8.71. The summed E-state index contributed by atoms with van der Waals surface area (Å²) in [5.74, 6) is 0.342. The average molecular weight is 784 g/mol. The number of ether oxygens (including phenoxy) is 2. The lowest BCUT2D eigenvalue weighted by atomic mass is 10.0. The van der Waals surface area contributed by atoms with Crippen LogP contribution >= 0.6 is 48.8 Å². The standard InChI is InChI=1S/C37H41ClFN5O4.3ClH/c1-3-31(41-24-26-10-4-5-12-30(26)39)36(45)42-37(46)35(44-19-17-43(18-20-44)32-13-6-7-14-33(32)47-2)29-16-15-27(38)22-34(29)48-28-11-8-9-25(21-28)23-40;;;/h4-16,21-22,31,35,41H,3,17-20,23-24,40H2,1-2H3,(H,42,45,46);3*1H. The first-order valence-electron chi connectivity index (χ1n) is 16.0. The minimum atomic E-state index is -0.886. The fourth-order valence-electron chi connectivity index (χ4n) is 5.88. The third kappa shape index (κ3) is 11.2. The van der Waals surface area contributed by atoms with Crippen molar-refractivity contribution < 1.29 is 23.5 Å². The number of imide groups is 1. The number of hydrogen-bond donors (Lipinski definition) is 3. The number of nitrogens with one attached hydrogen (secondary N) is 2. The molecule has 2 amide bonds. The predicted molar refractivity (Wildman–Crippen MR) is 208 cm³/mol. The SMILES string of the molecule is CCC(NCc1ccccc1F)C(=O)NC(=O)C(c1ccc(Cl)cc1Oc1cccc(CN)c1)N1CCN(c2ccccc2OC)CC1.Cl.Cl.Cl. The highest BCUT2D eigenvalue weighted by molar-refractivity contribution is 6.30. The van der Waals surface area contributed by atoms with E-state index in [1.165, 1.54) is 6.07 Å². The predicted octanol–water partition coefficient (Wildman–Crippen LogP) is 7.08. The maximum Gasteiger partial charge on any atom is 0.248 e. The molecule has 4 aromatic carbocycles. The number of nitrogens with two attached hydrogens (primary N) is 1. The summed E-state index contributed by atoms with van der Waals surface area (Å²) in [6, 6.07) is 25.1. The lowest BCUT2D eigenvalue weighted by Gasteiger charge is -2.40. The Labute approximate surface area is 322 Å². The zero-order valence-corrected chi connectivity index (χ0v) is 31.6. The number of anilines is 1. The van der Waals surface area contributed by atoms with E-state index < -0.39 is 23.9 Å². The van der Waals surface area contributed by atoms with Crippen LogP contribution in [0.15, 0.2) is 91.0 Å². The quantitative estimate of drug-likeness (QED) is 0.132. The van der Waals surface area contributed by atoms with Gasteiger partial charge in [-0.25, -0.2) is 4.39 Å². The molecule has 1 heterocycles. The van der Waals surface area contributed by atoms with E-state index in [0.29, 0.717) is 66.8 Å². The Morgan fingerprint density at radius 3 is 2.27 bits per heavy atom. The van der Waals surface area contributed by atoms with Crippen LogP contribution in [0.5, 0.6) is 17.2 Å². The molecule has 0 bridgehead atoms. The highest BCUT2D eigenvalue weighted by Crippen LogP contribution is 2.37. The largest absolute Gasteiger partial charge is 0.495 e. The zero-order chi connectivity index (χ0) is 34.0. The molecule has 4 aromatic rings. The highest BCUT2D eigenvalue weighted by atomic mass is 35.5. The lowest BCUT2D eigenvalue weighted by Crippen LogP contribution is -2.53. The van der Waals surface area contributed by atoms with Crippen LogP contribution in [0, 0.1) is 5.82 Å². The lowest BCUT2D eigenvalue weighted by molar-refractivity contribution is -0.135. The van der Waals surface area contributed by atoms with Crippen LogP contribution in [0.3, 0.4) is 0 Å². The van der Waals surface area contributed by atoms with Gasteiger partial charge in [0.25, 0.3) is 0 Å². The van der Waals surface area contributed by atoms with Crippen molar-refractivity contribution in [3.8, 4) is 17.2 Å². The first-order valence-corrected chi connectivity index (χ1v) is 16.4. The van der Waals surface area contributed by atoms with Crippen LogP contribution in [-0.4, -0.2) is 56.0 Å². The molecule has 14 heteroatoms. The first-order chi connectivity index (χ1) is 23.3. The highest BCUT2D eigenvalue weighted by Gasteiger charge is 2.35. The number of halogens is 5. The Morgan fingerprint density at radius 1 is 0.882 bits per heavy atom. The molecule has 1 aliphatic rings. The van der Waals surface area contributed by atoms with Crippen LogP contribution in [0.1, 0.15) is 36.1 Å². The number of carbonyl (C=O) groups excluding carboxylic acids is 2. The van der Waals surface area contributed by atoms with Crippen molar-refractivity contribution in [3.63, 3.8) is 0 Å². The van der Waals surface area contributed by atoms with Gasteiger partial charge in [-0.15, -0.1) is 37.2 Å². The van der Waals surface area contributed by atoms with Gasteiger partial charge in [0.05, 0.1) is 18.8 Å². The number of rotatable bonds is 13. The van der Waals surface area contributed by atoms with E-state index in [4.69, 9.17) is 26.8 Å². The van der Waals surface area contributed by atoms with Crippen LogP contribution in [0.25, 0.3) is 0 Å². The van der Waals surface area contributed by atoms with Gasteiger partial charge < -0.3 is 25.4 Å². The molecule has 2 atom stereocenters. The fourth-order valence-corrected chi connectivity index (χ4v) is 6.04. The second kappa shape index (κ2) is 21.0. The van der Waals surface area contributed by atoms with Crippen molar-refractivity contribution in [2.24, 2.45) is 5.73 Å². The van der Waals surface area contributed by atoms with Gasteiger partial charge in [0.15, 0.2) is 0 Å². The number of carbonyl (C=O) groups is 2. The topological polar surface area (TPSA) is 109 Å². The van der Waals surface area contributed by atoms with Crippen molar-refractivity contribution >= 4 is 66.3 Å².